The molecule has 4 atom stereocenters. The number of rotatable bonds is 6. The van der Waals surface area contributed by atoms with E-state index in [9.17, 15) is 3.32 Å². The van der Waals surface area contributed by atoms with Crippen LogP contribution in [0.2, 0.25) is 8.95 Å². The molecule has 2 saturated heterocycles. The molecule has 0 bridgehead atoms. The predicted molar refractivity (Wildman–Crippen MR) is 77.4 cm³/mol. The van der Waals surface area contributed by atoms with Crippen LogP contribution >= 0.6 is 0 Å². The zero-order chi connectivity index (χ0) is 14.8. The summed E-state index contributed by atoms with van der Waals surface area (Å²) in [4.78, 5) is 0. The molecule has 0 N–H and O–H groups in total. The zero-order valence-electron chi connectivity index (χ0n) is 13.7. The molecule has 0 aromatic carbocycles. The van der Waals surface area contributed by atoms with E-state index in [0.717, 1.165) is 43.3 Å². The first-order chi connectivity index (χ1) is 9.51. The Labute approximate surface area is 126 Å². The molecule has 2 aliphatic heterocycles. The second kappa shape index (κ2) is 6.28. The van der Waals surface area contributed by atoms with Gasteiger partial charge in [-0.3, -0.25) is 0 Å². The van der Waals surface area contributed by atoms with Gasteiger partial charge in [0.25, 0.3) is 0 Å². The van der Waals surface area contributed by atoms with Crippen molar-refractivity contribution in [2.24, 2.45) is 11.8 Å². The molecule has 118 valence electrons. The van der Waals surface area contributed by atoms with Gasteiger partial charge in [-0.2, -0.15) is 0 Å². The molecule has 0 saturated carbocycles. The molecule has 20 heavy (non-hydrogen) atoms. The van der Waals surface area contributed by atoms with Gasteiger partial charge in [0.2, 0.25) is 0 Å². The van der Waals surface area contributed by atoms with Crippen molar-refractivity contribution < 1.29 is 26.0 Å². The number of hydrogen-bond acceptors (Lipinski definition) is 3. The average molecular weight is 320 g/mol. The Morgan fingerprint density at radius 2 is 1.65 bits per heavy atom. The molecule has 4 heteroatoms. The van der Waals surface area contributed by atoms with Gasteiger partial charge in [0.15, 0.2) is 0 Å². The van der Waals surface area contributed by atoms with Crippen LogP contribution in [-0.4, -0.2) is 12.7 Å². The summed E-state index contributed by atoms with van der Waals surface area (Å²) in [7, 11) is 0. The molecule has 0 aromatic rings. The minimum atomic E-state index is -4.33. The molecule has 2 heterocycles. The fourth-order valence-corrected chi connectivity index (χ4v) is 13.3. The first-order valence-corrected chi connectivity index (χ1v) is 12.6. The maximum atomic E-state index is 13.7. The van der Waals surface area contributed by atoms with Crippen molar-refractivity contribution in [2.75, 3.05) is 6.61 Å². The van der Waals surface area contributed by atoms with Crippen LogP contribution in [0, 0.1) is 11.8 Å². The molecular formula is C16H32O3Ti. The van der Waals surface area contributed by atoms with E-state index in [1.807, 2.05) is 0 Å². The van der Waals surface area contributed by atoms with Crippen LogP contribution in [0.4, 0.5) is 0 Å². The Balaban J connectivity index is 2.19. The van der Waals surface area contributed by atoms with Crippen LogP contribution in [0.3, 0.4) is 0 Å². The van der Waals surface area contributed by atoms with Crippen LogP contribution < -0.4 is 0 Å². The van der Waals surface area contributed by atoms with E-state index in [4.69, 9.17) is 6.64 Å². The summed E-state index contributed by atoms with van der Waals surface area (Å²) in [5, 5.41) is 0. The third kappa shape index (κ3) is 2.71. The molecule has 0 aliphatic carbocycles. The molecule has 0 aromatic heterocycles. The van der Waals surface area contributed by atoms with Crippen LogP contribution in [0.25, 0.3) is 0 Å². The van der Waals surface area contributed by atoms with E-state index < -0.39 is 16.1 Å². The van der Waals surface area contributed by atoms with Gasteiger partial charge < -0.3 is 0 Å². The van der Waals surface area contributed by atoms with E-state index in [-0.39, 0.29) is 10.3 Å². The summed E-state index contributed by atoms with van der Waals surface area (Å²) in [5.41, 5.74) is 0. The van der Waals surface area contributed by atoms with Crippen molar-refractivity contribution in [3.63, 3.8) is 0 Å². The molecule has 2 rings (SSSR count). The molecule has 2 fully saturated rings. The van der Waals surface area contributed by atoms with E-state index in [2.05, 4.69) is 27.7 Å². The van der Waals surface area contributed by atoms with Gasteiger partial charge >= 0.3 is 126 Å². The Hall–Kier alpha value is 0.434. The molecule has 0 amide bonds. The zero-order valence-corrected chi connectivity index (χ0v) is 15.3. The molecule has 4 unspecified atom stereocenters. The van der Waals surface area contributed by atoms with Crippen molar-refractivity contribution >= 4 is 0 Å². The normalized spacial score (nSPS) is 38.2. The summed E-state index contributed by atoms with van der Waals surface area (Å²) in [5.74, 6) is 0.992. The first-order valence-electron chi connectivity index (χ1n) is 8.72. The summed E-state index contributed by atoms with van der Waals surface area (Å²) in [6.07, 6.45) is 6.54. The molecular weight excluding hydrogens is 288 g/mol. The molecule has 2 aliphatic rings. The van der Waals surface area contributed by atoms with Crippen molar-refractivity contribution in [1.29, 1.82) is 0 Å². The van der Waals surface area contributed by atoms with Crippen LogP contribution in [-0.2, 0) is 26.0 Å². The third-order valence-electron chi connectivity index (χ3n) is 5.66. The Morgan fingerprint density at radius 3 is 2.20 bits per heavy atom. The summed E-state index contributed by atoms with van der Waals surface area (Å²) in [6.45, 7) is 9.41. The topological polar surface area (TPSA) is 35.5 Å². The van der Waals surface area contributed by atoms with Gasteiger partial charge in [0.05, 0.1) is 0 Å². The van der Waals surface area contributed by atoms with Crippen molar-refractivity contribution in [3.8, 4) is 0 Å². The fourth-order valence-electron chi connectivity index (χ4n) is 4.41. The first kappa shape index (κ1) is 16.8. The Morgan fingerprint density at radius 1 is 1.00 bits per heavy atom. The average Bonchev–Trinajstić information content (AvgIpc) is 2.43. The Bertz CT molecular complexity index is 395. The second-order valence-electron chi connectivity index (χ2n) is 6.93. The van der Waals surface area contributed by atoms with Crippen molar-refractivity contribution in [2.45, 2.75) is 81.3 Å². The van der Waals surface area contributed by atoms with Gasteiger partial charge in [-0.05, 0) is 0 Å². The molecule has 3 nitrogen and oxygen atoms in total. The van der Waals surface area contributed by atoms with Crippen LogP contribution in [0.15, 0.2) is 0 Å². The standard InChI is InChI=1S/C8H16O2.C8H16.O.Ti/c1-3-5-8(10)7(4-2)6-9;1-4-6-7-8(3)5-2;;/h7-8H,3-6H2,1-2H3;7-8H,3-6H2,1-2H3;;/q-2;;;+2. The Kier molecular flexibility index (Phi) is 5.27. The second-order valence-corrected chi connectivity index (χ2v) is 13.4. The fraction of sp³-hybridized carbons (Fsp3) is 1.00. The van der Waals surface area contributed by atoms with E-state index >= 15 is 0 Å². The van der Waals surface area contributed by atoms with Crippen LogP contribution in [0.5, 0.6) is 0 Å². The maximum absolute atomic E-state index is 13.7. The predicted octanol–water partition coefficient (Wildman–Crippen LogP) is 5.14. The van der Waals surface area contributed by atoms with Gasteiger partial charge in [-0.25, -0.2) is 0 Å². The molecule has 1 spiro atoms. The van der Waals surface area contributed by atoms with Gasteiger partial charge in [0, 0.05) is 0 Å². The quantitative estimate of drug-likeness (QED) is 0.636. The van der Waals surface area contributed by atoms with Crippen LogP contribution in [0.1, 0.15) is 66.2 Å². The third-order valence-corrected chi connectivity index (χ3v) is 13.5. The van der Waals surface area contributed by atoms with Crippen molar-refractivity contribution in [1.82, 2.24) is 0 Å². The summed E-state index contributed by atoms with van der Waals surface area (Å²) in [6, 6.07) is 0. The monoisotopic (exact) mass is 320 g/mol. The van der Waals surface area contributed by atoms with Crippen molar-refractivity contribution in [3.05, 3.63) is 0 Å². The van der Waals surface area contributed by atoms with Gasteiger partial charge in [-0.15, -0.1) is 0 Å². The minimum absolute atomic E-state index is 0.172. The molecule has 0 radical (unpaired) electrons. The summed E-state index contributed by atoms with van der Waals surface area (Å²) >= 11 is -4.33. The summed E-state index contributed by atoms with van der Waals surface area (Å²) < 4.78 is 27.1. The SMILES string of the molecule is CCCC1[O][Ti]2(=[O])([CH2]C(CC)[CH]2CCC)[O]CC1CC. The van der Waals surface area contributed by atoms with E-state index in [1.165, 1.54) is 0 Å². The van der Waals surface area contributed by atoms with Gasteiger partial charge in [-0.1, -0.05) is 0 Å². The van der Waals surface area contributed by atoms with Gasteiger partial charge in [0.1, 0.15) is 0 Å². The van der Waals surface area contributed by atoms with E-state index in [0.29, 0.717) is 18.4 Å². The van der Waals surface area contributed by atoms with E-state index in [1.54, 1.807) is 0 Å². The number of hydrogen-bond donors (Lipinski definition) is 0.